The fraction of sp³-hybridized carbons (Fsp3) is 0.630. The molecule has 32 heavy (non-hydrogen) atoms. The largest absolute Gasteiger partial charge is 0.348 e. The van der Waals surface area contributed by atoms with Gasteiger partial charge in [0.05, 0.1) is 12.0 Å². The smallest absolute Gasteiger partial charge is 0.250 e. The summed E-state index contributed by atoms with van der Waals surface area (Å²) < 4.78 is 4.26. The Morgan fingerprint density at radius 1 is 1.03 bits per heavy atom. The monoisotopic (exact) mass is 435 g/mol. The minimum atomic E-state index is -0.107. The fourth-order valence-corrected chi connectivity index (χ4v) is 6.69. The standard InChI is InChI=1S/C27H37N3O2/c1-26(2,3)22-9-11-27(12-10-22,29-13-4-5-14-29)16-25(32)28-17-20-15-21(19-28)23-7-6-8-24(31)30(23)18-20/h4-8,13-14,20-22H,9-12,15-19H2,1-3H3/t20-,21?,22?,27?/m0/s1. The second-order valence-corrected chi connectivity index (χ2v) is 11.6. The summed E-state index contributed by atoms with van der Waals surface area (Å²) in [4.78, 5) is 28.1. The molecule has 5 nitrogen and oxygen atoms in total. The predicted molar refractivity (Wildman–Crippen MR) is 127 cm³/mol. The van der Waals surface area contributed by atoms with Gasteiger partial charge >= 0.3 is 0 Å². The third kappa shape index (κ3) is 3.84. The molecule has 1 saturated carbocycles. The second kappa shape index (κ2) is 7.93. The number of carbonyl (C=O) groups is 1. The molecule has 172 valence electrons. The number of hydrogen-bond acceptors (Lipinski definition) is 2. The number of hydrogen-bond donors (Lipinski definition) is 0. The van der Waals surface area contributed by atoms with Gasteiger partial charge in [-0.05, 0) is 67.6 Å². The van der Waals surface area contributed by atoms with E-state index in [1.807, 2.05) is 10.6 Å². The van der Waals surface area contributed by atoms with Crippen LogP contribution in [0.5, 0.6) is 0 Å². The molecule has 2 aliphatic heterocycles. The van der Waals surface area contributed by atoms with E-state index in [1.54, 1.807) is 6.07 Å². The molecule has 1 unspecified atom stereocenters. The Kier molecular flexibility index (Phi) is 5.34. The molecule has 2 bridgehead atoms. The Labute approximate surface area is 191 Å². The highest BCUT2D eigenvalue weighted by molar-refractivity contribution is 5.77. The van der Waals surface area contributed by atoms with Crippen LogP contribution >= 0.6 is 0 Å². The van der Waals surface area contributed by atoms with Crippen LogP contribution in [-0.2, 0) is 16.9 Å². The zero-order valence-corrected chi connectivity index (χ0v) is 19.8. The lowest BCUT2D eigenvalue weighted by Crippen LogP contribution is -2.51. The van der Waals surface area contributed by atoms with Crippen molar-refractivity contribution in [3.8, 4) is 0 Å². The zero-order chi connectivity index (χ0) is 22.5. The molecule has 2 fully saturated rings. The maximum atomic E-state index is 13.7. The van der Waals surface area contributed by atoms with E-state index in [2.05, 4.69) is 60.8 Å². The fourth-order valence-electron chi connectivity index (χ4n) is 6.69. The minimum absolute atomic E-state index is 0.0964. The average molecular weight is 436 g/mol. The van der Waals surface area contributed by atoms with Crippen LogP contribution in [0.4, 0.5) is 0 Å². The van der Waals surface area contributed by atoms with Gasteiger partial charge in [0.15, 0.2) is 0 Å². The molecular formula is C27H37N3O2. The van der Waals surface area contributed by atoms with Gasteiger partial charge in [-0.2, -0.15) is 0 Å². The van der Waals surface area contributed by atoms with E-state index in [4.69, 9.17) is 0 Å². The quantitative estimate of drug-likeness (QED) is 0.706. The highest BCUT2D eigenvalue weighted by Gasteiger charge is 2.43. The van der Waals surface area contributed by atoms with E-state index < -0.39 is 0 Å². The Morgan fingerprint density at radius 2 is 1.75 bits per heavy atom. The van der Waals surface area contributed by atoms with E-state index >= 15 is 0 Å². The first-order chi connectivity index (χ1) is 15.2. The van der Waals surface area contributed by atoms with Crippen molar-refractivity contribution in [3.05, 3.63) is 58.8 Å². The van der Waals surface area contributed by atoms with Crippen LogP contribution in [0.3, 0.4) is 0 Å². The van der Waals surface area contributed by atoms with Crippen molar-refractivity contribution in [2.45, 2.75) is 77.3 Å². The predicted octanol–water partition coefficient (Wildman–Crippen LogP) is 4.62. The van der Waals surface area contributed by atoms with Gasteiger partial charge in [0, 0.05) is 49.7 Å². The molecule has 0 radical (unpaired) electrons. The van der Waals surface area contributed by atoms with Gasteiger partial charge < -0.3 is 14.0 Å². The number of rotatable bonds is 3. The summed E-state index contributed by atoms with van der Waals surface area (Å²) in [6.45, 7) is 9.31. The summed E-state index contributed by atoms with van der Waals surface area (Å²) in [6.07, 6.45) is 10.5. The van der Waals surface area contributed by atoms with Crippen molar-refractivity contribution < 1.29 is 4.79 Å². The number of fused-ring (bicyclic) bond motifs is 4. The van der Waals surface area contributed by atoms with Crippen molar-refractivity contribution in [3.63, 3.8) is 0 Å². The number of pyridine rings is 1. The summed E-state index contributed by atoms with van der Waals surface area (Å²) in [5.74, 6) is 1.66. The first kappa shape index (κ1) is 21.5. The van der Waals surface area contributed by atoms with E-state index in [-0.39, 0.29) is 22.9 Å². The molecule has 1 amide bonds. The van der Waals surface area contributed by atoms with Crippen LogP contribution in [0, 0.1) is 17.3 Å². The molecule has 2 aromatic heterocycles. The average Bonchev–Trinajstić information content (AvgIpc) is 3.30. The van der Waals surface area contributed by atoms with E-state index in [1.165, 1.54) is 12.8 Å². The van der Waals surface area contributed by atoms with Gasteiger partial charge in [0.1, 0.15) is 0 Å². The van der Waals surface area contributed by atoms with Gasteiger partial charge in [0.2, 0.25) is 5.91 Å². The van der Waals surface area contributed by atoms with Crippen LogP contribution in [0.25, 0.3) is 0 Å². The topological polar surface area (TPSA) is 47.2 Å². The van der Waals surface area contributed by atoms with Gasteiger partial charge in [-0.15, -0.1) is 0 Å². The number of aromatic nitrogens is 2. The summed E-state index contributed by atoms with van der Waals surface area (Å²) >= 11 is 0. The first-order valence-corrected chi connectivity index (χ1v) is 12.4. The van der Waals surface area contributed by atoms with Gasteiger partial charge in [-0.1, -0.05) is 26.8 Å². The number of amides is 1. The SMILES string of the molecule is CC(C)(C)C1CCC(CC(=O)N2CC3C[C@@H](C2)Cn2c3cccc2=O)(n2cccc2)CC1. The normalized spacial score (nSPS) is 30.1. The van der Waals surface area contributed by atoms with Crippen LogP contribution in [0.2, 0.25) is 0 Å². The molecule has 2 atom stereocenters. The van der Waals surface area contributed by atoms with Crippen LogP contribution in [0.15, 0.2) is 47.5 Å². The maximum absolute atomic E-state index is 13.7. The summed E-state index contributed by atoms with van der Waals surface area (Å²) in [5, 5.41) is 0. The number of carbonyl (C=O) groups excluding carboxylic acids is 1. The summed E-state index contributed by atoms with van der Waals surface area (Å²) in [6, 6.07) is 9.77. The van der Waals surface area contributed by atoms with Crippen molar-refractivity contribution in [2.24, 2.45) is 17.3 Å². The Morgan fingerprint density at radius 3 is 2.44 bits per heavy atom. The number of likely N-dealkylation sites (tertiary alicyclic amines) is 1. The van der Waals surface area contributed by atoms with E-state index in [9.17, 15) is 9.59 Å². The molecule has 1 aliphatic carbocycles. The highest BCUT2D eigenvalue weighted by atomic mass is 16.2. The van der Waals surface area contributed by atoms with E-state index in [0.29, 0.717) is 23.7 Å². The Balaban J connectivity index is 1.35. The lowest BCUT2D eigenvalue weighted by molar-refractivity contribution is -0.137. The van der Waals surface area contributed by atoms with Crippen molar-refractivity contribution in [1.29, 1.82) is 0 Å². The van der Waals surface area contributed by atoms with Crippen molar-refractivity contribution in [1.82, 2.24) is 14.0 Å². The second-order valence-electron chi connectivity index (χ2n) is 11.6. The van der Waals surface area contributed by atoms with Gasteiger partial charge in [-0.3, -0.25) is 9.59 Å². The molecule has 5 heteroatoms. The zero-order valence-electron chi connectivity index (χ0n) is 19.8. The number of nitrogens with zero attached hydrogens (tertiary/aromatic N) is 3. The molecule has 5 rings (SSSR count). The lowest BCUT2D eigenvalue weighted by Gasteiger charge is -2.47. The van der Waals surface area contributed by atoms with Crippen LogP contribution in [0.1, 0.15) is 70.9 Å². The molecule has 1 saturated heterocycles. The minimum Gasteiger partial charge on any atom is -0.348 e. The molecule has 3 aliphatic rings. The molecule has 0 spiro atoms. The van der Waals surface area contributed by atoms with E-state index in [0.717, 1.165) is 44.6 Å². The lowest BCUT2D eigenvalue weighted by atomic mass is 9.66. The molecule has 0 N–H and O–H groups in total. The third-order valence-corrected chi connectivity index (χ3v) is 8.61. The Bertz CT molecular complexity index is 1020. The number of piperidine rings is 1. The molecular weight excluding hydrogens is 398 g/mol. The summed E-state index contributed by atoms with van der Waals surface area (Å²) in [5.41, 5.74) is 1.42. The van der Waals surface area contributed by atoms with Crippen LogP contribution < -0.4 is 5.56 Å². The van der Waals surface area contributed by atoms with Crippen LogP contribution in [-0.4, -0.2) is 33.0 Å². The third-order valence-electron chi connectivity index (χ3n) is 8.61. The molecule has 2 aromatic rings. The first-order valence-electron chi connectivity index (χ1n) is 12.4. The van der Waals surface area contributed by atoms with Gasteiger partial charge in [0.25, 0.3) is 5.56 Å². The molecule has 0 aromatic carbocycles. The van der Waals surface area contributed by atoms with Crippen molar-refractivity contribution in [2.75, 3.05) is 13.1 Å². The molecule has 4 heterocycles. The highest BCUT2D eigenvalue weighted by Crippen LogP contribution is 2.46. The Hall–Kier alpha value is -2.30. The summed E-state index contributed by atoms with van der Waals surface area (Å²) in [7, 11) is 0. The van der Waals surface area contributed by atoms with Crippen molar-refractivity contribution >= 4 is 5.91 Å². The van der Waals surface area contributed by atoms with Gasteiger partial charge in [-0.25, -0.2) is 0 Å². The maximum Gasteiger partial charge on any atom is 0.250 e.